The van der Waals surface area contributed by atoms with E-state index in [9.17, 15) is 34.2 Å². The molecule has 172 valence electrons. The molecule has 14 heteroatoms. The molecule has 5 atom stereocenters. The summed E-state index contributed by atoms with van der Waals surface area (Å²) >= 11 is 0. The molecule has 1 rings (SSSR count). The number of carbonyl (C=O) groups excluding carboxylic acids is 4. The lowest BCUT2D eigenvalue weighted by Gasteiger charge is -2.25. The largest absolute Gasteiger partial charge is 0.480 e. The first kappa shape index (κ1) is 25.5. The van der Waals surface area contributed by atoms with E-state index in [1.54, 1.807) is 0 Å². The highest BCUT2D eigenvalue weighted by Crippen LogP contribution is 2.03. The van der Waals surface area contributed by atoms with E-state index in [1.165, 1.54) is 26.4 Å². The number of rotatable bonds is 12. The number of aromatic nitrogens is 2. The van der Waals surface area contributed by atoms with Crippen LogP contribution in [0.15, 0.2) is 12.5 Å². The summed E-state index contributed by atoms with van der Waals surface area (Å²) in [6, 6.07) is -5.41. The number of carboxylic acids is 1. The molecule has 1 aromatic rings. The smallest absolute Gasteiger partial charge is 0.326 e. The van der Waals surface area contributed by atoms with Crippen LogP contribution < -0.4 is 27.4 Å². The lowest BCUT2D eigenvalue weighted by Crippen LogP contribution is -2.60. The maximum Gasteiger partial charge on any atom is 0.326 e. The van der Waals surface area contributed by atoms with E-state index in [0.29, 0.717) is 5.69 Å². The minimum absolute atomic E-state index is 0.140. The first-order valence-corrected chi connectivity index (χ1v) is 9.25. The number of hydrogen-bond acceptors (Lipinski definition) is 8. The summed E-state index contributed by atoms with van der Waals surface area (Å²) in [7, 11) is 0. The lowest BCUT2D eigenvalue weighted by atomic mass is 10.1. The molecule has 0 spiro atoms. The zero-order valence-electron chi connectivity index (χ0n) is 17.0. The Kier molecular flexibility index (Phi) is 9.56. The molecule has 0 radical (unpaired) electrons. The standard InChI is InChI=1S/C17H27N7O7/c1-7(18)14(27)24-13(8(2)25)16(29)22-10(4-12(19)26)15(28)23-11(17(30)31)3-9-5-20-6-21-9/h5-8,10-11,13,25H,3-4,18H2,1-2H3,(H2,19,26)(H,20,21)(H,22,29)(H,23,28)(H,24,27)(H,30,31). The summed E-state index contributed by atoms with van der Waals surface area (Å²) in [4.78, 5) is 66.2. The Hall–Kier alpha value is -3.52. The van der Waals surface area contributed by atoms with Crippen LogP contribution in [0.5, 0.6) is 0 Å². The molecule has 10 N–H and O–H groups in total. The van der Waals surface area contributed by atoms with Crippen molar-refractivity contribution in [3.63, 3.8) is 0 Å². The number of imidazole rings is 1. The Balaban J connectivity index is 2.95. The number of aliphatic carboxylic acids is 1. The number of amides is 4. The Morgan fingerprint density at radius 1 is 1.06 bits per heavy atom. The van der Waals surface area contributed by atoms with E-state index < -0.39 is 66.3 Å². The molecular weight excluding hydrogens is 414 g/mol. The monoisotopic (exact) mass is 441 g/mol. The Bertz CT molecular complexity index is 795. The Morgan fingerprint density at radius 2 is 1.68 bits per heavy atom. The van der Waals surface area contributed by atoms with Crippen molar-refractivity contribution >= 4 is 29.6 Å². The van der Waals surface area contributed by atoms with Crippen LogP contribution in [0.3, 0.4) is 0 Å². The molecule has 0 saturated heterocycles. The van der Waals surface area contributed by atoms with Gasteiger partial charge in [-0.15, -0.1) is 0 Å². The number of aliphatic hydroxyl groups excluding tert-OH is 1. The highest BCUT2D eigenvalue weighted by Gasteiger charge is 2.32. The fraction of sp³-hybridized carbons (Fsp3) is 0.529. The van der Waals surface area contributed by atoms with Gasteiger partial charge in [-0.05, 0) is 13.8 Å². The summed E-state index contributed by atoms with van der Waals surface area (Å²) in [5.41, 5.74) is 11.0. The van der Waals surface area contributed by atoms with Crippen LogP contribution in [0.4, 0.5) is 0 Å². The van der Waals surface area contributed by atoms with Gasteiger partial charge in [0.2, 0.25) is 23.6 Å². The van der Waals surface area contributed by atoms with E-state index in [0.717, 1.165) is 0 Å². The molecule has 0 aromatic carbocycles. The second kappa shape index (κ2) is 11.6. The molecule has 14 nitrogen and oxygen atoms in total. The van der Waals surface area contributed by atoms with E-state index in [2.05, 4.69) is 25.9 Å². The van der Waals surface area contributed by atoms with Gasteiger partial charge in [0.05, 0.1) is 24.9 Å². The number of carbonyl (C=O) groups is 5. The number of nitrogens with zero attached hydrogens (tertiary/aromatic N) is 1. The van der Waals surface area contributed by atoms with Crippen LogP contribution in [0.1, 0.15) is 26.0 Å². The third-order valence-electron chi connectivity index (χ3n) is 4.11. The Morgan fingerprint density at radius 3 is 2.13 bits per heavy atom. The number of primary amides is 1. The quantitative estimate of drug-likeness (QED) is 0.158. The van der Waals surface area contributed by atoms with Crippen molar-refractivity contribution < 1.29 is 34.2 Å². The summed E-state index contributed by atoms with van der Waals surface area (Å²) in [5, 5.41) is 25.8. The minimum atomic E-state index is -1.55. The summed E-state index contributed by atoms with van der Waals surface area (Å²) in [5.74, 6) is -5.04. The van der Waals surface area contributed by atoms with Gasteiger partial charge in [-0.3, -0.25) is 19.2 Å². The molecule has 0 aliphatic rings. The summed E-state index contributed by atoms with van der Waals surface area (Å²) < 4.78 is 0. The fourth-order valence-electron chi connectivity index (χ4n) is 2.45. The van der Waals surface area contributed by atoms with E-state index in [-0.39, 0.29) is 6.42 Å². The highest BCUT2D eigenvalue weighted by molar-refractivity contribution is 5.96. The third kappa shape index (κ3) is 8.39. The first-order chi connectivity index (χ1) is 14.4. The van der Waals surface area contributed by atoms with Gasteiger partial charge in [-0.2, -0.15) is 0 Å². The van der Waals surface area contributed by atoms with Crippen molar-refractivity contribution in [2.75, 3.05) is 0 Å². The van der Waals surface area contributed by atoms with Gasteiger partial charge in [-0.1, -0.05) is 0 Å². The minimum Gasteiger partial charge on any atom is -0.480 e. The number of hydrogen-bond donors (Lipinski definition) is 8. The zero-order chi connectivity index (χ0) is 23.7. The number of aliphatic hydroxyl groups is 1. The molecule has 1 heterocycles. The summed E-state index contributed by atoms with van der Waals surface area (Å²) in [6.45, 7) is 2.58. The maximum absolute atomic E-state index is 12.6. The number of H-pyrrole nitrogens is 1. The van der Waals surface area contributed by atoms with Crippen molar-refractivity contribution in [3.8, 4) is 0 Å². The van der Waals surface area contributed by atoms with Crippen molar-refractivity contribution in [2.45, 2.75) is 57.0 Å². The van der Waals surface area contributed by atoms with Crippen LogP contribution in [0, 0.1) is 0 Å². The van der Waals surface area contributed by atoms with E-state index in [4.69, 9.17) is 11.5 Å². The average Bonchev–Trinajstić information content (AvgIpc) is 3.16. The SMILES string of the molecule is CC(N)C(=O)NC(C(=O)NC(CC(N)=O)C(=O)NC(Cc1cnc[nH]1)C(=O)O)C(C)O. The van der Waals surface area contributed by atoms with Gasteiger partial charge in [0, 0.05) is 18.3 Å². The average molecular weight is 441 g/mol. The third-order valence-corrected chi connectivity index (χ3v) is 4.11. The van der Waals surface area contributed by atoms with Crippen molar-refractivity contribution in [1.29, 1.82) is 0 Å². The van der Waals surface area contributed by atoms with Crippen LogP contribution in [-0.4, -0.2) is 80.1 Å². The lowest BCUT2D eigenvalue weighted by molar-refractivity contribution is -0.142. The predicted molar refractivity (Wildman–Crippen MR) is 105 cm³/mol. The fourth-order valence-corrected chi connectivity index (χ4v) is 2.45. The van der Waals surface area contributed by atoms with Gasteiger partial charge in [0.25, 0.3) is 0 Å². The second-order valence-electron chi connectivity index (χ2n) is 6.93. The van der Waals surface area contributed by atoms with Crippen LogP contribution in [-0.2, 0) is 30.4 Å². The molecule has 0 bridgehead atoms. The topological polar surface area (TPSA) is 243 Å². The van der Waals surface area contributed by atoms with Crippen LogP contribution in [0.2, 0.25) is 0 Å². The zero-order valence-corrected chi connectivity index (χ0v) is 17.0. The number of nitrogens with one attached hydrogen (secondary N) is 4. The summed E-state index contributed by atoms with van der Waals surface area (Å²) in [6.07, 6.45) is 0.547. The van der Waals surface area contributed by atoms with E-state index >= 15 is 0 Å². The van der Waals surface area contributed by atoms with Gasteiger partial charge in [0.1, 0.15) is 18.1 Å². The highest BCUT2D eigenvalue weighted by atomic mass is 16.4. The van der Waals surface area contributed by atoms with Crippen LogP contribution >= 0.6 is 0 Å². The van der Waals surface area contributed by atoms with Gasteiger partial charge < -0.3 is 42.6 Å². The second-order valence-corrected chi connectivity index (χ2v) is 6.93. The molecular formula is C17H27N7O7. The number of carboxylic acid groups (broad SMARTS) is 1. The Labute approximate surface area is 177 Å². The van der Waals surface area contributed by atoms with Gasteiger partial charge >= 0.3 is 5.97 Å². The van der Waals surface area contributed by atoms with Crippen molar-refractivity contribution in [1.82, 2.24) is 25.9 Å². The maximum atomic E-state index is 12.6. The molecule has 0 fully saturated rings. The molecule has 5 unspecified atom stereocenters. The molecule has 31 heavy (non-hydrogen) atoms. The molecule has 1 aromatic heterocycles. The van der Waals surface area contributed by atoms with E-state index in [1.807, 2.05) is 0 Å². The van der Waals surface area contributed by atoms with Crippen molar-refractivity contribution in [2.24, 2.45) is 11.5 Å². The van der Waals surface area contributed by atoms with Gasteiger partial charge in [0.15, 0.2) is 0 Å². The molecule has 0 aliphatic carbocycles. The number of nitrogens with two attached hydrogens (primary N) is 2. The molecule has 4 amide bonds. The predicted octanol–water partition coefficient (Wildman–Crippen LogP) is -3.91. The van der Waals surface area contributed by atoms with Crippen molar-refractivity contribution in [3.05, 3.63) is 18.2 Å². The molecule has 0 aliphatic heterocycles. The first-order valence-electron chi connectivity index (χ1n) is 9.25. The normalized spacial score (nSPS) is 15.6. The number of aromatic amines is 1. The van der Waals surface area contributed by atoms with Gasteiger partial charge in [-0.25, -0.2) is 9.78 Å². The van der Waals surface area contributed by atoms with Crippen LogP contribution in [0.25, 0.3) is 0 Å². The molecule has 0 saturated carbocycles.